The summed E-state index contributed by atoms with van der Waals surface area (Å²) in [7, 11) is 1.60. The molecule has 0 saturated heterocycles. The highest BCUT2D eigenvalue weighted by atomic mass is 127. The summed E-state index contributed by atoms with van der Waals surface area (Å²) >= 11 is 0. The monoisotopic (exact) mass is 367 g/mol. The van der Waals surface area contributed by atoms with Crippen LogP contribution in [0.2, 0.25) is 0 Å². The fraction of sp³-hybridized carbons (Fsp3) is 0.250. The summed E-state index contributed by atoms with van der Waals surface area (Å²) in [5, 5.41) is 5.80. The largest absolute Gasteiger partial charge is 0.353 e. The van der Waals surface area contributed by atoms with Crippen LogP contribution in [0.25, 0.3) is 0 Å². The Kier molecular flexibility index (Phi) is 8.27. The number of benzene rings is 1. The molecule has 0 aliphatic rings. The van der Waals surface area contributed by atoms with Crippen molar-refractivity contribution in [3.63, 3.8) is 0 Å². The molecule has 0 saturated carbocycles. The molecule has 0 unspecified atom stereocenters. The summed E-state index contributed by atoms with van der Waals surface area (Å²) < 4.78 is 26.2. The zero-order valence-electron chi connectivity index (χ0n) is 10.0. The first kappa shape index (κ1) is 16.8. The maximum Gasteiger partial charge on any atom is 0.191 e. The van der Waals surface area contributed by atoms with Crippen molar-refractivity contribution in [1.29, 1.82) is 0 Å². The van der Waals surface area contributed by atoms with Gasteiger partial charge in [-0.05, 0) is 18.2 Å². The third-order valence-corrected chi connectivity index (χ3v) is 2.09. The van der Waals surface area contributed by atoms with Crippen LogP contribution in [0.5, 0.6) is 0 Å². The van der Waals surface area contributed by atoms with E-state index in [-0.39, 0.29) is 36.1 Å². The fourth-order valence-electron chi connectivity index (χ4n) is 1.25. The minimum atomic E-state index is -0.461. The van der Waals surface area contributed by atoms with E-state index in [1.54, 1.807) is 13.1 Å². The molecule has 3 nitrogen and oxygen atoms in total. The molecule has 0 aliphatic carbocycles. The van der Waals surface area contributed by atoms with Gasteiger partial charge in [-0.1, -0.05) is 6.08 Å². The molecule has 100 valence electrons. The lowest BCUT2D eigenvalue weighted by Crippen LogP contribution is -2.36. The van der Waals surface area contributed by atoms with Gasteiger partial charge in [-0.2, -0.15) is 0 Å². The van der Waals surface area contributed by atoms with E-state index in [1.165, 1.54) is 0 Å². The van der Waals surface area contributed by atoms with Crippen LogP contribution in [0.4, 0.5) is 8.78 Å². The van der Waals surface area contributed by atoms with Crippen molar-refractivity contribution in [3.05, 3.63) is 48.1 Å². The number of halogens is 3. The average Bonchev–Trinajstić information content (AvgIpc) is 2.33. The van der Waals surface area contributed by atoms with Gasteiger partial charge < -0.3 is 10.6 Å². The van der Waals surface area contributed by atoms with E-state index in [9.17, 15) is 8.78 Å². The molecule has 0 heterocycles. The highest BCUT2D eigenvalue weighted by Crippen LogP contribution is 2.08. The van der Waals surface area contributed by atoms with Gasteiger partial charge in [0.15, 0.2) is 5.96 Å². The molecule has 0 aliphatic heterocycles. The maximum absolute atomic E-state index is 13.3. The van der Waals surface area contributed by atoms with Crippen molar-refractivity contribution in [2.45, 2.75) is 6.54 Å². The van der Waals surface area contributed by atoms with Gasteiger partial charge in [0, 0.05) is 25.7 Å². The molecule has 1 aromatic rings. The van der Waals surface area contributed by atoms with E-state index in [0.717, 1.165) is 18.2 Å². The molecule has 0 fully saturated rings. The first-order valence-corrected chi connectivity index (χ1v) is 5.16. The second-order valence-electron chi connectivity index (χ2n) is 3.33. The minimum Gasteiger partial charge on any atom is -0.353 e. The molecule has 6 heteroatoms. The molecule has 2 N–H and O–H groups in total. The molecule has 18 heavy (non-hydrogen) atoms. The number of nitrogens with one attached hydrogen (secondary N) is 2. The van der Waals surface area contributed by atoms with E-state index in [2.05, 4.69) is 22.2 Å². The van der Waals surface area contributed by atoms with Crippen LogP contribution in [0.1, 0.15) is 5.56 Å². The molecule has 0 amide bonds. The number of guanidine groups is 1. The van der Waals surface area contributed by atoms with Crippen LogP contribution < -0.4 is 10.6 Å². The molecule has 0 aromatic heterocycles. The zero-order valence-corrected chi connectivity index (χ0v) is 12.4. The maximum atomic E-state index is 13.3. The lowest BCUT2D eigenvalue weighted by atomic mass is 10.2. The van der Waals surface area contributed by atoms with Gasteiger partial charge in [0.25, 0.3) is 0 Å². The molecular weight excluding hydrogens is 351 g/mol. The Labute approximate surface area is 122 Å². The second kappa shape index (κ2) is 8.84. The number of hydrogen-bond acceptors (Lipinski definition) is 1. The summed E-state index contributed by atoms with van der Waals surface area (Å²) in [6.45, 7) is 4.27. The van der Waals surface area contributed by atoms with Gasteiger partial charge in [0.2, 0.25) is 0 Å². The first-order valence-electron chi connectivity index (χ1n) is 5.16. The van der Waals surface area contributed by atoms with Crippen molar-refractivity contribution in [2.24, 2.45) is 4.99 Å². The van der Waals surface area contributed by atoms with Gasteiger partial charge in [-0.15, -0.1) is 30.6 Å². The number of aliphatic imine (C=N–C) groups is 1. The zero-order chi connectivity index (χ0) is 12.7. The lowest BCUT2D eigenvalue weighted by Gasteiger charge is -2.10. The second-order valence-corrected chi connectivity index (χ2v) is 3.33. The van der Waals surface area contributed by atoms with Gasteiger partial charge in [0.1, 0.15) is 11.6 Å². The molecule has 1 aromatic carbocycles. The minimum absolute atomic E-state index is 0. The van der Waals surface area contributed by atoms with E-state index in [1.807, 2.05) is 0 Å². The van der Waals surface area contributed by atoms with Crippen molar-refractivity contribution in [3.8, 4) is 0 Å². The molecule has 0 atom stereocenters. The molecular formula is C12H16F2IN3. The average molecular weight is 367 g/mol. The molecule has 1 rings (SSSR count). The summed E-state index contributed by atoms with van der Waals surface area (Å²) in [6.07, 6.45) is 1.68. The standard InChI is InChI=1S/C12H15F2N3.HI/c1-3-6-16-12(15-2)17-8-9-7-10(13)4-5-11(9)14;/h3-5,7H,1,6,8H2,2H3,(H2,15,16,17);1H. The quantitative estimate of drug-likeness (QED) is 0.371. The fourth-order valence-corrected chi connectivity index (χ4v) is 1.25. The Morgan fingerprint density at radius 3 is 2.72 bits per heavy atom. The SMILES string of the molecule is C=CCNC(=NC)NCc1cc(F)ccc1F.I. The summed E-state index contributed by atoms with van der Waals surface area (Å²) in [5.74, 6) is -0.399. The normalized spacial score (nSPS) is 10.5. The van der Waals surface area contributed by atoms with Crippen molar-refractivity contribution < 1.29 is 8.78 Å². The Morgan fingerprint density at radius 2 is 2.11 bits per heavy atom. The van der Waals surface area contributed by atoms with Gasteiger partial charge >= 0.3 is 0 Å². The highest BCUT2D eigenvalue weighted by Gasteiger charge is 2.04. The van der Waals surface area contributed by atoms with Gasteiger partial charge in [-0.3, -0.25) is 4.99 Å². The molecule has 0 spiro atoms. The Balaban J connectivity index is 0.00000289. The smallest absolute Gasteiger partial charge is 0.191 e. The van der Waals surface area contributed by atoms with E-state index >= 15 is 0 Å². The predicted molar refractivity (Wildman–Crippen MR) is 80.2 cm³/mol. The number of nitrogens with zero attached hydrogens (tertiary/aromatic N) is 1. The van der Waals surface area contributed by atoms with Crippen LogP contribution in [0, 0.1) is 11.6 Å². The van der Waals surface area contributed by atoms with Crippen LogP contribution >= 0.6 is 24.0 Å². The molecule has 0 bridgehead atoms. The Bertz CT molecular complexity index is 422. The predicted octanol–water partition coefficient (Wildman–Crippen LogP) is 2.43. The summed E-state index contributed by atoms with van der Waals surface area (Å²) in [4.78, 5) is 3.92. The summed E-state index contributed by atoms with van der Waals surface area (Å²) in [5.41, 5.74) is 0.256. The summed E-state index contributed by atoms with van der Waals surface area (Å²) in [6, 6.07) is 3.35. The van der Waals surface area contributed by atoms with Crippen molar-refractivity contribution in [2.75, 3.05) is 13.6 Å². The molecule has 0 radical (unpaired) electrons. The van der Waals surface area contributed by atoms with Gasteiger partial charge in [-0.25, -0.2) is 8.78 Å². The Hall–Kier alpha value is -1.18. The lowest BCUT2D eigenvalue weighted by molar-refractivity contribution is 0.581. The third-order valence-electron chi connectivity index (χ3n) is 2.09. The topological polar surface area (TPSA) is 36.4 Å². The van der Waals surface area contributed by atoms with Crippen molar-refractivity contribution >= 4 is 29.9 Å². The van der Waals surface area contributed by atoms with Crippen LogP contribution in [0.15, 0.2) is 35.8 Å². The van der Waals surface area contributed by atoms with Crippen molar-refractivity contribution in [1.82, 2.24) is 10.6 Å². The van der Waals surface area contributed by atoms with Crippen LogP contribution in [-0.2, 0) is 6.54 Å². The van der Waals surface area contributed by atoms with E-state index < -0.39 is 11.6 Å². The third kappa shape index (κ3) is 5.44. The number of rotatable bonds is 4. The Morgan fingerprint density at radius 1 is 1.39 bits per heavy atom. The van der Waals surface area contributed by atoms with E-state index in [0.29, 0.717) is 12.5 Å². The first-order chi connectivity index (χ1) is 8.17. The highest BCUT2D eigenvalue weighted by molar-refractivity contribution is 14.0. The van der Waals surface area contributed by atoms with Gasteiger partial charge in [0.05, 0.1) is 0 Å². The number of hydrogen-bond donors (Lipinski definition) is 2. The van der Waals surface area contributed by atoms with Crippen LogP contribution in [-0.4, -0.2) is 19.6 Å². The van der Waals surface area contributed by atoms with E-state index in [4.69, 9.17) is 0 Å². The van der Waals surface area contributed by atoms with Crippen LogP contribution in [0.3, 0.4) is 0 Å².